The topological polar surface area (TPSA) is 75.9 Å². The molecule has 15 heavy (non-hydrogen) atoms. The van der Waals surface area contributed by atoms with Crippen molar-refractivity contribution in [3.63, 3.8) is 0 Å². The predicted octanol–water partition coefficient (Wildman–Crippen LogP) is 1.29. The van der Waals surface area contributed by atoms with Gasteiger partial charge in [-0.2, -0.15) is 0 Å². The van der Waals surface area contributed by atoms with Gasteiger partial charge in [-0.25, -0.2) is 8.42 Å². The van der Waals surface area contributed by atoms with Crippen LogP contribution in [0.3, 0.4) is 0 Å². The molecule has 2 rings (SSSR count). The van der Waals surface area contributed by atoms with Gasteiger partial charge in [0.2, 0.25) is 0 Å². The summed E-state index contributed by atoms with van der Waals surface area (Å²) in [7, 11) is -3.00. The Morgan fingerprint density at radius 3 is 2.73 bits per heavy atom. The van der Waals surface area contributed by atoms with Gasteiger partial charge in [-0.05, 0) is 24.3 Å². The molecular weight excluding hydrogens is 212 g/mol. The molecule has 0 radical (unpaired) electrons. The van der Waals surface area contributed by atoms with Crippen LogP contribution in [-0.4, -0.2) is 19.7 Å². The molecule has 0 amide bonds. The second kappa shape index (κ2) is 3.27. The minimum Gasteiger partial charge on any atom is -0.399 e. The van der Waals surface area contributed by atoms with E-state index < -0.39 is 9.84 Å². The highest BCUT2D eigenvalue weighted by Gasteiger charge is 2.07. The maximum absolute atomic E-state index is 11.1. The van der Waals surface area contributed by atoms with Crippen LogP contribution in [0.4, 0.5) is 5.69 Å². The van der Waals surface area contributed by atoms with E-state index in [-0.39, 0.29) is 5.75 Å². The molecule has 0 aliphatic rings. The lowest BCUT2D eigenvalue weighted by Crippen LogP contribution is -2.00. The third-order valence-electron chi connectivity index (χ3n) is 2.12. The van der Waals surface area contributed by atoms with Gasteiger partial charge < -0.3 is 10.7 Å². The highest BCUT2D eigenvalue weighted by Crippen LogP contribution is 2.19. The Kier molecular flexibility index (Phi) is 2.19. The van der Waals surface area contributed by atoms with Gasteiger partial charge in [-0.1, -0.05) is 0 Å². The number of nitrogens with one attached hydrogen (secondary N) is 1. The number of aromatic nitrogens is 1. The number of rotatable bonds is 2. The fourth-order valence-corrected chi connectivity index (χ4v) is 2.29. The lowest BCUT2D eigenvalue weighted by Gasteiger charge is -1.93. The molecule has 0 atom stereocenters. The van der Waals surface area contributed by atoms with Crippen LogP contribution < -0.4 is 5.73 Å². The molecule has 1 aromatic carbocycles. The van der Waals surface area contributed by atoms with Crippen molar-refractivity contribution >= 4 is 26.4 Å². The molecule has 3 N–H and O–H groups in total. The van der Waals surface area contributed by atoms with E-state index >= 15 is 0 Å². The fourth-order valence-electron chi connectivity index (χ4n) is 1.57. The second-order valence-electron chi connectivity index (χ2n) is 3.71. The molecule has 0 aliphatic heterocycles. The fraction of sp³-hybridized carbons (Fsp3) is 0.200. The third kappa shape index (κ3) is 2.30. The summed E-state index contributed by atoms with van der Waals surface area (Å²) >= 11 is 0. The Bertz CT molecular complexity index is 599. The van der Waals surface area contributed by atoms with Crippen molar-refractivity contribution < 1.29 is 8.42 Å². The zero-order valence-electron chi connectivity index (χ0n) is 8.32. The van der Waals surface area contributed by atoms with Crippen molar-refractivity contribution in [3.05, 3.63) is 30.0 Å². The van der Waals surface area contributed by atoms with Crippen LogP contribution in [0.25, 0.3) is 10.9 Å². The largest absolute Gasteiger partial charge is 0.399 e. The normalized spacial score (nSPS) is 12.1. The smallest absolute Gasteiger partial charge is 0.153 e. The minimum absolute atomic E-state index is 0.0293. The van der Waals surface area contributed by atoms with E-state index in [2.05, 4.69) is 4.98 Å². The minimum atomic E-state index is -3.00. The van der Waals surface area contributed by atoms with Gasteiger partial charge in [-0.15, -0.1) is 0 Å². The summed E-state index contributed by atoms with van der Waals surface area (Å²) in [6.07, 6.45) is 1.22. The van der Waals surface area contributed by atoms with Crippen molar-refractivity contribution in [2.75, 3.05) is 12.0 Å². The van der Waals surface area contributed by atoms with Crippen molar-refractivity contribution in [1.82, 2.24) is 4.98 Å². The van der Waals surface area contributed by atoms with E-state index in [9.17, 15) is 8.42 Å². The van der Waals surface area contributed by atoms with Crippen molar-refractivity contribution in [3.8, 4) is 0 Å². The number of hydrogen-bond donors (Lipinski definition) is 2. The molecule has 0 unspecified atom stereocenters. The quantitative estimate of drug-likeness (QED) is 0.755. The maximum Gasteiger partial charge on any atom is 0.153 e. The Morgan fingerprint density at radius 1 is 1.33 bits per heavy atom. The molecule has 0 spiro atoms. The number of hydrogen-bond acceptors (Lipinski definition) is 3. The first-order valence-corrected chi connectivity index (χ1v) is 6.55. The summed E-state index contributed by atoms with van der Waals surface area (Å²) in [6.45, 7) is 0. The molecule has 1 aromatic heterocycles. The molecule has 1 heterocycles. The van der Waals surface area contributed by atoms with Crippen LogP contribution in [0.1, 0.15) is 5.69 Å². The average Bonchev–Trinajstić information content (AvgIpc) is 2.42. The molecule has 0 bridgehead atoms. The Balaban J connectivity index is 2.48. The predicted molar refractivity (Wildman–Crippen MR) is 61.3 cm³/mol. The molecule has 0 saturated heterocycles. The zero-order chi connectivity index (χ0) is 11.1. The first-order valence-electron chi connectivity index (χ1n) is 4.49. The first kappa shape index (κ1) is 10.0. The Morgan fingerprint density at radius 2 is 2.07 bits per heavy atom. The van der Waals surface area contributed by atoms with E-state index in [1.807, 2.05) is 18.2 Å². The highest BCUT2D eigenvalue weighted by atomic mass is 32.2. The SMILES string of the molecule is CS(=O)(=O)Cc1cc2cc(N)ccc2[nH]1. The number of aromatic amines is 1. The van der Waals surface area contributed by atoms with Crippen molar-refractivity contribution in [2.45, 2.75) is 5.75 Å². The molecular formula is C10H12N2O2S. The van der Waals surface area contributed by atoms with Crippen LogP contribution in [0.15, 0.2) is 24.3 Å². The van der Waals surface area contributed by atoms with E-state index in [0.717, 1.165) is 10.9 Å². The summed E-state index contributed by atoms with van der Waals surface area (Å²) in [4.78, 5) is 3.04. The van der Waals surface area contributed by atoms with Crippen LogP contribution in [-0.2, 0) is 15.6 Å². The van der Waals surface area contributed by atoms with E-state index in [0.29, 0.717) is 11.4 Å². The van der Waals surface area contributed by atoms with Crippen LogP contribution in [0, 0.1) is 0 Å². The number of H-pyrrole nitrogens is 1. The number of anilines is 1. The lowest BCUT2D eigenvalue weighted by atomic mass is 10.2. The number of fused-ring (bicyclic) bond motifs is 1. The monoisotopic (exact) mass is 224 g/mol. The molecule has 4 nitrogen and oxygen atoms in total. The van der Waals surface area contributed by atoms with Crippen molar-refractivity contribution in [1.29, 1.82) is 0 Å². The molecule has 0 fully saturated rings. The maximum atomic E-state index is 11.1. The number of nitrogens with two attached hydrogens (primary N) is 1. The van der Waals surface area contributed by atoms with Crippen LogP contribution in [0.5, 0.6) is 0 Å². The Hall–Kier alpha value is -1.49. The molecule has 5 heteroatoms. The standard InChI is InChI=1S/C10H12N2O2S/c1-15(13,14)6-9-5-7-4-8(11)2-3-10(7)12-9/h2-5,12H,6,11H2,1H3. The van der Waals surface area contributed by atoms with Gasteiger partial charge in [0.1, 0.15) is 0 Å². The third-order valence-corrected chi connectivity index (χ3v) is 2.95. The average molecular weight is 224 g/mol. The van der Waals surface area contributed by atoms with Gasteiger partial charge in [0.05, 0.1) is 5.75 Å². The number of nitrogen functional groups attached to an aromatic ring is 1. The lowest BCUT2D eigenvalue weighted by molar-refractivity contribution is 0.600. The molecule has 0 saturated carbocycles. The first-order chi connectivity index (χ1) is 6.94. The summed E-state index contributed by atoms with van der Waals surface area (Å²) in [5.41, 5.74) is 7.90. The summed E-state index contributed by atoms with van der Waals surface area (Å²) < 4.78 is 22.2. The van der Waals surface area contributed by atoms with Crippen LogP contribution in [0.2, 0.25) is 0 Å². The van der Waals surface area contributed by atoms with Gasteiger partial charge in [0, 0.05) is 28.5 Å². The van der Waals surface area contributed by atoms with Gasteiger partial charge in [-0.3, -0.25) is 0 Å². The van der Waals surface area contributed by atoms with Gasteiger partial charge in [0.25, 0.3) is 0 Å². The van der Waals surface area contributed by atoms with E-state index in [1.165, 1.54) is 6.26 Å². The Labute approximate surface area is 88.0 Å². The highest BCUT2D eigenvalue weighted by molar-refractivity contribution is 7.89. The van der Waals surface area contributed by atoms with Crippen LogP contribution >= 0.6 is 0 Å². The molecule has 0 aliphatic carbocycles. The molecule has 2 aromatic rings. The van der Waals surface area contributed by atoms with E-state index in [1.54, 1.807) is 6.07 Å². The molecule has 80 valence electrons. The van der Waals surface area contributed by atoms with E-state index in [4.69, 9.17) is 5.73 Å². The summed E-state index contributed by atoms with van der Waals surface area (Å²) in [5, 5.41) is 0.939. The summed E-state index contributed by atoms with van der Waals surface area (Å²) in [5.74, 6) is 0.0293. The summed E-state index contributed by atoms with van der Waals surface area (Å²) in [6, 6.07) is 7.25. The van der Waals surface area contributed by atoms with Crippen molar-refractivity contribution in [2.24, 2.45) is 0 Å². The van der Waals surface area contributed by atoms with Gasteiger partial charge >= 0.3 is 0 Å². The number of benzene rings is 1. The number of sulfone groups is 1. The van der Waals surface area contributed by atoms with Gasteiger partial charge in [0.15, 0.2) is 9.84 Å². The second-order valence-corrected chi connectivity index (χ2v) is 5.85. The zero-order valence-corrected chi connectivity index (χ0v) is 9.14.